The van der Waals surface area contributed by atoms with Crippen LogP contribution in [-0.2, 0) is 20.1 Å². The minimum atomic E-state index is -0.137. The molecular weight excluding hydrogens is 332 g/mol. The molecule has 0 radical (unpaired) electrons. The summed E-state index contributed by atoms with van der Waals surface area (Å²) < 4.78 is 18.0. The van der Waals surface area contributed by atoms with Gasteiger partial charge in [-0.25, -0.2) is 0 Å². The van der Waals surface area contributed by atoms with Crippen molar-refractivity contribution in [2.45, 2.75) is 13.1 Å². The van der Waals surface area contributed by atoms with Gasteiger partial charge in [0.15, 0.2) is 0 Å². The zero-order valence-electron chi connectivity index (χ0n) is 15.1. The number of hydrogen-bond donors (Lipinski definition) is 0. The van der Waals surface area contributed by atoms with Crippen LogP contribution in [0.4, 0.5) is 0 Å². The maximum absolute atomic E-state index is 13.2. The van der Waals surface area contributed by atoms with Gasteiger partial charge in [0.2, 0.25) is 0 Å². The molecule has 0 aliphatic rings. The Morgan fingerprint density at radius 3 is 2.58 bits per heavy atom. The van der Waals surface area contributed by atoms with Gasteiger partial charge in [0.05, 0.1) is 39.1 Å². The first kappa shape index (κ1) is 17.7. The molecule has 0 atom stereocenters. The van der Waals surface area contributed by atoms with E-state index in [1.165, 1.54) is 0 Å². The van der Waals surface area contributed by atoms with Crippen LogP contribution in [-0.4, -0.2) is 29.6 Å². The number of nitrogens with zero attached hydrogens (tertiary/aromatic N) is 2. The van der Waals surface area contributed by atoms with E-state index in [9.17, 15) is 4.79 Å². The van der Waals surface area contributed by atoms with Crippen molar-refractivity contribution in [1.82, 2.24) is 9.47 Å². The molecule has 0 spiro atoms. The highest BCUT2D eigenvalue weighted by Crippen LogP contribution is 2.27. The first-order valence-electron chi connectivity index (χ1n) is 8.26. The number of aromatic nitrogens is 1. The largest absolute Gasteiger partial charge is 0.497 e. The Morgan fingerprint density at radius 1 is 1.12 bits per heavy atom. The average molecular weight is 354 g/mol. The SMILES string of the molecule is COc1ccc(C(=O)N(Cc2ccco2)Cc2cccn2C)c(OC)c1. The molecule has 0 fully saturated rings. The minimum absolute atomic E-state index is 0.137. The van der Waals surface area contributed by atoms with Crippen molar-refractivity contribution in [3.05, 3.63) is 71.9 Å². The van der Waals surface area contributed by atoms with Crippen LogP contribution in [0.1, 0.15) is 21.8 Å². The Balaban J connectivity index is 1.92. The van der Waals surface area contributed by atoms with Gasteiger partial charge in [-0.15, -0.1) is 0 Å². The van der Waals surface area contributed by atoms with E-state index in [1.54, 1.807) is 43.6 Å². The summed E-state index contributed by atoms with van der Waals surface area (Å²) in [4.78, 5) is 15.0. The lowest BCUT2D eigenvalue weighted by Crippen LogP contribution is -2.31. The van der Waals surface area contributed by atoms with Gasteiger partial charge in [-0.3, -0.25) is 4.79 Å². The number of furan rings is 1. The number of carbonyl (C=O) groups excluding carboxylic acids is 1. The van der Waals surface area contributed by atoms with E-state index in [0.29, 0.717) is 30.2 Å². The first-order valence-corrected chi connectivity index (χ1v) is 8.26. The molecule has 0 aliphatic carbocycles. The van der Waals surface area contributed by atoms with Crippen LogP contribution in [0.15, 0.2) is 59.3 Å². The summed E-state index contributed by atoms with van der Waals surface area (Å²) in [7, 11) is 5.08. The molecule has 3 rings (SSSR count). The summed E-state index contributed by atoms with van der Waals surface area (Å²) in [6.45, 7) is 0.824. The Labute approximate surface area is 152 Å². The van der Waals surface area contributed by atoms with Gasteiger partial charge in [-0.1, -0.05) is 0 Å². The second-order valence-electron chi connectivity index (χ2n) is 5.92. The molecule has 1 aromatic carbocycles. The van der Waals surface area contributed by atoms with Gasteiger partial charge in [0.1, 0.15) is 17.3 Å². The van der Waals surface area contributed by atoms with Gasteiger partial charge < -0.3 is 23.4 Å². The molecule has 0 saturated carbocycles. The molecule has 0 N–H and O–H groups in total. The molecule has 3 aromatic rings. The van der Waals surface area contributed by atoms with Crippen molar-refractivity contribution in [3.8, 4) is 11.5 Å². The topological polar surface area (TPSA) is 56.8 Å². The maximum atomic E-state index is 13.2. The van der Waals surface area contributed by atoms with Crippen molar-refractivity contribution in [2.24, 2.45) is 7.05 Å². The summed E-state index contributed by atoms with van der Waals surface area (Å²) in [5.74, 6) is 1.70. The molecule has 0 saturated heterocycles. The van der Waals surface area contributed by atoms with Crippen LogP contribution in [0.5, 0.6) is 11.5 Å². The van der Waals surface area contributed by atoms with Crippen LogP contribution in [0, 0.1) is 0 Å². The molecule has 1 amide bonds. The highest BCUT2D eigenvalue weighted by atomic mass is 16.5. The number of aryl methyl sites for hydroxylation is 1. The van der Waals surface area contributed by atoms with E-state index in [4.69, 9.17) is 13.9 Å². The fraction of sp³-hybridized carbons (Fsp3) is 0.250. The number of ether oxygens (including phenoxy) is 2. The van der Waals surface area contributed by atoms with E-state index in [1.807, 2.05) is 42.1 Å². The highest BCUT2D eigenvalue weighted by molar-refractivity contribution is 5.97. The molecule has 6 nitrogen and oxygen atoms in total. The van der Waals surface area contributed by atoms with Crippen LogP contribution in [0.3, 0.4) is 0 Å². The summed E-state index contributed by atoms with van der Waals surface area (Å²) in [5.41, 5.74) is 1.51. The molecule has 26 heavy (non-hydrogen) atoms. The molecule has 0 unspecified atom stereocenters. The van der Waals surface area contributed by atoms with E-state index in [2.05, 4.69) is 0 Å². The van der Waals surface area contributed by atoms with Crippen molar-refractivity contribution < 1.29 is 18.7 Å². The zero-order chi connectivity index (χ0) is 18.5. The lowest BCUT2D eigenvalue weighted by Gasteiger charge is -2.23. The van der Waals surface area contributed by atoms with Gasteiger partial charge in [0.25, 0.3) is 5.91 Å². The number of amides is 1. The van der Waals surface area contributed by atoms with Crippen molar-refractivity contribution >= 4 is 5.91 Å². The second kappa shape index (κ2) is 7.82. The van der Waals surface area contributed by atoms with Gasteiger partial charge in [-0.05, 0) is 36.4 Å². The second-order valence-corrected chi connectivity index (χ2v) is 5.92. The predicted molar refractivity (Wildman–Crippen MR) is 97.2 cm³/mol. The lowest BCUT2D eigenvalue weighted by molar-refractivity contribution is 0.0710. The summed E-state index contributed by atoms with van der Waals surface area (Å²) in [6, 6.07) is 12.8. The molecule has 2 aromatic heterocycles. The first-order chi connectivity index (χ1) is 12.6. The third kappa shape index (κ3) is 3.74. The number of methoxy groups -OCH3 is 2. The average Bonchev–Trinajstić information content (AvgIpc) is 3.32. The Morgan fingerprint density at radius 2 is 1.96 bits per heavy atom. The standard InChI is InChI=1S/C20H22N2O4/c1-21-10-4-6-15(21)13-22(14-17-7-5-11-26-17)20(23)18-9-8-16(24-2)12-19(18)25-3/h4-12H,13-14H2,1-3H3. The van der Waals surface area contributed by atoms with E-state index >= 15 is 0 Å². The fourth-order valence-corrected chi connectivity index (χ4v) is 2.79. The fourth-order valence-electron chi connectivity index (χ4n) is 2.79. The van der Waals surface area contributed by atoms with E-state index in [0.717, 1.165) is 11.5 Å². The number of hydrogen-bond acceptors (Lipinski definition) is 4. The third-order valence-electron chi connectivity index (χ3n) is 4.26. The molecule has 2 heterocycles. The van der Waals surface area contributed by atoms with Gasteiger partial charge in [-0.2, -0.15) is 0 Å². The molecule has 0 aliphatic heterocycles. The van der Waals surface area contributed by atoms with Crippen LogP contribution < -0.4 is 9.47 Å². The highest BCUT2D eigenvalue weighted by Gasteiger charge is 2.22. The van der Waals surface area contributed by atoms with Crippen molar-refractivity contribution in [2.75, 3.05) is 14.2 Å². The van der Waals surface area contributed by atoms with Crippen LogP contribution in [0.2, 0.25) is 0 Å². The number of carbonyl (C=O) groups is 1. The van der Waals surface area contributed by atoms with E-state index in [-0.39, 0.29) is 5.91 Å². The summed E-state index contributed by atoms with van der Waals surface area (Å²) in [5, 5.41) is 0. The predicted octanol–water partition coefficient (Wildman–Crippen LogP) is 3.48. The molecular formula is C20H22N2O4. The molecule has 6 heteroatoms. The Kier molecular flexibility index (Phi) is 5.31. The minimum Gasteiger partial charge on any atom is -0.497 e. The Hall–Kier alpha value is -3.15. The van der Waals surface area contributed by atoms with E-state index < -0.39 is 0 Å². The van der Waals surface area contributed by atoms with Crippen LogP contribution >= 0.6 is 0 Å². The van der Waals surface area contributed by atoms with Crippen molar-refractivity contribution in [3.63, 3.8) is 0 Å². The van der Waals surface area contributed by atoms with Crippen molar-refractivity contribution in [1.29, 1.82) is 0 Å². The number of benzene rings is 1. The monoisotopic (exact) mass is 354 g/mol. The lowest BCUT2D eigenvalue weighted by atomic mass is 10.1. The molecule has 136 valence electrons. The van der Waals surface area contributed by atoms with Gasteiger partial charge in [0, 0.05) is 25.0 Å². The van der Waals surface area contributed by atoms with Gasteiger partial charge >= 0.3 is 0 Å². The Bertz CT molecular complexity index is 868. The smallest absolute Gasteiger partial charge is 0.258 e. The summed E-state index contributed by atoms with van der Waals surface area (Å²) >= 11 is 0. The molecule has 0 bridgehead atoms. The number of rotatable bonds is 7. The normalized spacial score (nSPS) is 10.6. The maximum Gasteiger partial charge on any atom is 0.258 e. The van der Waals surface area contributed by atoms with Crippen LogP contribution in [0.25, 0.3) is 0 Å². The zero-order valence-corrected chi connectivity index (χ0v) is 15.1. The summed E-state index contributed by atoms with van der Waals surface area (Å²) in [6.07, 6.45) is 3.56. The quantitative estimate of drug-likeness (QED) is 0.652. The third-order valence-corrected chi connectivity index (χ3v) is 4.26.